The van der Waals surface area contributed by atoms with E-state index < -0.39 is 5.97 Å². The molecule has 0 unspecified atom stereocenters. The van der Waals surface area contributed by atoms with Gasteiger partial charge in [-0.25, -0.2) is 4.79 Å². The Labute approximate surface area is 147 Å². The van der Waals surface area contributed by atoms with Gasteiger partial charge in [-0.05, 0) is 35.9 Å². The normalized spacial score (nSPS) is 10.0. The van der Waals surface area contributed by atoms with Gasteiger partial charge in [-0.3, -0.25) is 4.79 Å². The Kier molecular flexibility index (Phi) is 6.39. The Morgan fingerprint density at radius 3 is 2.44 bits per heavy atom. The lowest BCUT2D eigenvalue weighted by molar-refractivity contribution is -0.124. The maximum Gasteiger partial charge on any atom is 0.338 e. The molecule has 0 spiro atoms. The number of carbonyl (C=O) groups excluding carboxylic acids is 2. The summed E-state index contributed by atoms with van der Waals surface area (Å²) < 4.78 is 10.1. The Balaban J connectivity index is 1.80. The molecule has 6 nitrogen and oxygen atoms in total. The number of amides is 1. The monoisotopic (exact) mass is 342 g/mol. The van der Waals surface area contributed by atoms with Crippen LogP contribution in [-0.4, -0.2) is 39.7 Å². The molecule has 1 amide bonds. The lowest BCUT2D eigenvalue weighted by Crippen LogP contribution is -2.28. The van der Waals surface area contributed by atoms with Crippen molar-refractivity contribution in [3.63, 3.8) is 0 Å². The van der Waals surface area contributed by atoms with Gasteiger partial charge < -0.3 is 19.7 Å². The van der Waals surface area contributed by atoms with E-state index in [4.69, 9.17) is 9.47 Å². The van der Waals surface area contributed by atoms with E-state index in [2.05, 4.69) is 5.32 Å². The van der Waals surface area contributed by atoms with Crippen LogP contribution < -0.4 is 15.0 Å². The molecule has 1 N–H and O–H groups in total. The number of ether oxygens (including phenoxy) is 2. The first-order chi connectivity index (χ1) is 12.0. The Hall–Kier alpha value is -3.02. The highest BCUT2D eigenvalue weighted by atomic mass is 16.5. The van der Waals surface area contributed by atoms with Gasteiger partial charge in [-0.2, -0.15) is 0 Å². The fraction of sp³-hybridized carbons (Fsp3) is 0.263. The average Bonchev–Trinajstić information content (AvgIpc) is 2.64. The van der Waals surface area contributed by atoms with Crippen LogP contribution >= 0.6 is 0 Å². The third-order valence-corrected chi connectivity index (χ3v) is 3.58. The molecule has 0 fully saturated rings. The highest BCUT2D eigenvalue weighted by Gasteiger charge is 2.11. The first-order valence-corrected chi connectivity index (χ1v) is 7.83. The lowest BCUT2D eigenvalue weighted by atomic mass is 10.2. The smallest absolute Gasteiger partial charge is 0.338 e. The summed E-state index contributed by atoms with van der Waals surface area (Å²) in [5.41, 5.74) is 2.23. The average molecular weight is 342 g/mol. The second kappa shape index (κ2) is 8.73. The van der Waals surface area contributed by atoms with Crippen LogP contribution in [0, 0.1) is 0 Å². The number of nitrogens with one attached hydrogen (secondary N) is 1. The van der Waals surface area contributed by atoms with Gasteiger partial charge in [0.1, 0.15) is 5.75 Å². The summed E-state index contributed by atoms with van der Waals surface area (Å²) in [6, 6.07) is 14.4. The predicted molar refractivity (Wildman–Crippen MR) is 95.9 cm³/mol. The lowest BCUT2D eigenvalue weighted by Gasteiger charge is -2.13. The van der Waals surface area contributed by atoms with Gasteiger partial charge in [0.25, 0.3) is 5.91 Å². The van der Waals surface area contributed by atoms with Gasteiger partial charge in [0.2, 0.25) is 0 Å². The maximum absolute atomic E-state index is 12.0. The molecule has 6 heteroatoms. The van der Waals surface area contributed by atoms with Gasteiger partial charge in [-0.15, -0.1) is 0 Å². The van der Waals surface area contributed by atoms with Crippen molar-refractivity contribution in [2.45, 2.75) is 6.54 Å². The quantitative estimate of drug-likeness (QED) is 0.782. The molecule has 0 atom stereocenters. The number of esters is 1. The fourth-order valence-electron chi connectivity index (χ4n) is 2.12. The van der Waals surface area contributed by atoms with E-state index in [0.29, 0.717) is 12.1 Å². The van der Waals surface area contributed by atoms with Crippen molar-refractivity contribution in [3.8, 4) is 5.75 Å². The van der Waals surface area contributed by atoms with Crippen molar-refractivity contribution in [1.82, 2.24) is 5.32 Å². The summed E-state index contributed by atoms with van der Waals surface area (Å²) in [6.07, 6.45) is 0. The molecule has 2 rings (SSSR count). The zero-order valence-electron chi connectivity index (χ0n) is 14.6. The number of methoxy groups -OCH3 is 1. The van der Waals surface area contributed by atoms with Crippen molar-refractivity contribution < 1.29 is 19.1 Å². The summed E-state index contributed by atoms with van der Waals surface area (Å²) in [5.74, 6) is -0.125. The second-order valence-electron chi connectivity index (χ2n) is 5.65. The molecule has 132 valence electrons. The minimum absolute atomic E-state index is 0.318. The van der Waals surface area contributed by atoms with Crippen LogP contribution in [0.1, 0.15) is 15.9 Å². The summed E-state index contributed by atoms with van der Waals surface area (Å²) in [7, 11) is 5.37. The number of carbonyl (C=O) groups is 2. The largest absolute Gasteiger partial charge is 0.497 e. The first kappa shape index (κ1) is 18.3. The summed E-state index contributed by atoms with van der Waals surface area (Å²) in [5, 5.41) is 2.71. The number of hydrogen-bond donors (Lipinski definition) is 1. The van der Waals surface area contributed by atoms with Crippen LogP contribution in [0.5, 0.6) is 5.75 Å². The minimum Gasteiger partial charge on any atom is -0.497 e. The highest BCUT2D eigenvalue weighted by Crippen LogP contribution is 2.14. The van der Waals surface area contributed by atoms with E-state index in [1.807, 2.05) is 49.3 Å². The van der Waals surface area contributed by atoms with Gasteiger partial charge >= 0.3 is 5.97 Å². The molecule has 0 aromatic heterocycles. The van der Waals surface area contributed by atoms with Crippen LogP contribution in [-0.2, 0) is 16.1 Å². The SMILES string of the molecule is COc1ccc(CNC(=O)COC(=O)c2cccc(N(C)C)c2)cc1. The van der Waals surface area contributed by atoms with Crippen molar-refractivity contribution in [2.24, 2.45) is 0 Å². The van der Waals surface area contributed by atoms with Crippen LogP contribution in [0.2, 0.25) is 0 Å². The molecule has 2 aromatic carbocycles. The predicted octanol–water partition coefficient (Wildman–Crippen LogP) is 2.23. The minimum atomic E-state index is -0.525. The molecule has 0 heterocycles. The van der Waals surface area contributed by atoms with Crippen LogP contribution in [0.3, 0.4) is 0 Å². The topological polar surface area (TPSA) is 67.9 Å². The van der Waals surface area contributed by atoms with E-state index in [1.165, 1.54) is 0 Å². The van der Waals surface area contributed by atoms with Gasteiger partial charge in [0.15, 0.2) is 6.61 Å². The highest BCUT2D eigenvalue weighted by molar-refractivity contribution is 5.92. The zero-order valence-corrected chi connectivity index (χ0v) is 14.6. The Morgan fingerprint density at radius 2 is 1.80 bits per heavy atom. The van der Waals surface area contributed by atoms with Crippen molar-refractivity contribution in [2.75, 3.05) is 32.7 Å². The number of rotatable bonds is 7. The van der Waals surface area contributed by atoms with Gasteiger partial charge in [0.05, 0.1) is 12.7 Å². The summed E-state index contributed by atoms with van der Waals surface area (Å²) in [6.45, 7) is 0.0394. The fourth-order valence-corrected chi connectivity index (χ4v) is 2.12. The van der Waals surface area contributed by atoms with Gasteiger partial charge in [-0.1, -0.05) is 18.2 Å². The van der Waals surface area contributed by atoms with E-state index in [-0.39, 0.29) is 12.5 Å². The number of nitrogens with zero attached hydrogens (tertiary/aromatic N) is 1. The molecule has 0 bridgehead atoms. The standard InChI is InChI=1S/C19H22N2O4/c1-21(2)16-6-4-5-15(11-16)19(23)25-13-18(22)20-12-14-7-9-17(24-3)10-8-14/h4-11H,12-13H2,1-3H3,(H,20,22). The molecule has 0 aliphatic carbocycles. The summed E-state index contributed by atoms with van der Waals surface area (Å²) >= 11 is 0. The molecule has 0 aliphatic heterocycles. The number of benzene rings is 2. The third-order valence-electron chi connectivity index (χ3n) is 3.58. The van der Waals surface area contributed by atoms with Crippen molar-refractivity contribution >= 4 is 17.6 Å². The van der Waals surface area contributed by atoms with Crippen LogP contribution in [0.25, 0.3) is 0 Å². The molecule has 2 aromatic rings. The van der Waals surface area contributed by atoms with Gasteiger partial charge in [0, 0.05) is 26.3 Å². The maximum atomic E-state index is 12.0. The first-order valence-electron chi connectivity index (χ1n) is 7.83. The van der Waals surface area contributed by atoms with E-state index in [0.717, 1.165) is 17.0 Å². The Morgan fingerprint density at radius 1 is 1.08 bits per heavy atom. The van der Waals surface area contributed by atoms with Crippen molar-refractivity contribution in [1.29, 1.82) is 0 Å². The molecular weight excluding hydrogens is 320 g/mol. The van der Waals surface area contributed by atoms with E-state index >= 15 is 0 Å². The molecule has 25 heavy (non-hydrogen) atoms. The molecular formula is C19H22N2O4. The van der Waals surface area contributed by atoms with Crippen LogP contribution in [0.4, 0.5) is 5.69 Å². The number of anilines is 1. The van der Waals surface area contributed by atoms with Crippen molar-refractivity contribution in [3.05, 3.63) is 59.7 Å². The molecule has 0 aliphatic rings. The summed E-state index contributed by atoms with van der Waals surface area (Å²) in [4.78, 5) is 25.8. The van der Waals surface area contributed by atoms with Crippen LogP contribution in [0.15, 0.2) is 48.5 Å². The zero-order chi connectivity index (χ0) is 18.2. The van der Waals surface area contributed by atoms with E-state index in [9.17, 15) is 9.59 Å². The third kappa shape index (κ3) is 5.53. The molecule has 0 saturated heterocycles. The second-order valence-corrected chi connectivity index (χ2v) is 5.65. The van der Waals surface area contributed by atoms with E-state index in [1.54, 1.807) is 25.3 Å². The molecule has 0 saturated carbocycles. The Bertz CT molecular complexity index is 726. The number of hydrogen-bond acceptors (Lipinski definition) is 5. The molecule has 0 radical (unpaired) electrons.